The van der Waals surface area contributed by atoms with Gasteiger partial charge in [-0.3, -0.25) is 0 Å². The highest BCUT2D eigenvalue weighted by molar-refractivity contribution is 5.67. The van der Waals surface area contributed by atoms with Crippen LogP contribution < -0.4 is 15.0 Å². The lowest BCUT2D eigenvalue weighted by molar-refractivity contribution is 0.0526. The second-order valence-electron chi connectivity index (χ2n) is 7.37. The van der Waals surface area contributed by atoms with Crippen molar-refractivity contribution in [2.24, 2.45) is 5.92 Å². The number of amides is 1. The molecule has 1 heterocycles. The van der Waals surface area contributed by atoms with E-state index >= 15 is 0 Å². The normalized spacial score (nSPS) is 17.7. The van der Waals surface area contributed by atoms with Crippen molar-refractivity contribution in [3.8, 4) is 5.75 Å². The number of rotatable bonds is 6. The lowest BCUT2D eigenvalue weighted by atomic mass is 10.0. The average Bonchev–Trinajstić information content (AvgIpc) is 2.99. The van der Waals surface area contributed by atoms with E-state index < -0.39 is 5.60 Å². The van der Waals surface area contributed by atoms with E-state index in [1.165, 1.54) is 12.1 Å². The summed E-state index contributed by atoms with van der Waals surface area (Å²) in [4.78, 5) is 14.0. The van der Waals surface area contributed by atoms with Crippen LogP contribution in [0.25, 0.3) is 0 Å². The van der Waals surface area contributed by atoms with Gasteiger partial charge in [0, 0.05) is 31.4 Å². The molecule has 1 aromatic carbocycles. The Labute approximate surface area is 145 Å². The van der Waals surface area contributed by atoms with Crippen molar-refractivity contribution < 1.29 is 14.3 Å². The molecule has 1 aromatic rings. The summed E-state index contributed by atoms with van der Waals surface area (Å²) in [5.74, 6) is 1.58. The van der Waals surface area contributed by atoms with Crippen LogP contribution in [0, 0.1) is 5.92 Å². The van der Waals surface area contributed by atoms with Gasteiger partial charge >= 0.3 is 6.09 Å². The minimum atomic E-state index is -0.438. The van der Waals surface area contributed by atoms with E-state index in [4.69, 9.17) is 9.47 Å². The van der Waals surface area contributed by atoms with Crippen molar-refractivity contribution >= 4 is 11.8 Å². The molecule has 24 heavy (non-hydrogen) atoms. The second kappa shape index (κ2) is 8.27. The van der Waals surface area contributed by atoms with Gasteiger partial charge in [0.1, 0.15) is 11.4 Å². The molecule has 1 fully saturated rings. The predicted molar refractivity (Wildman–Crippen MR) is 96.8 cm³/mol. The molecule has 1 aliphatic rings. The molecule has 1 unspecified atom stereocenters. The molecule has 5 nitrogen and oxygen atoms in total. The van der Waals surface area contributed by atoms with E-state index in [0.29, 0.717) is 12.5 Å². The van der Waals surface area contributed by atoms with Gasteiger partial charge in [0.15, 0.2) is 0 Å². The SMILES string of the molecule is COc1cccc(N2CCC(CCCNC(=O)OC(C)(C)C)C2)c1. The summed E-state index contributed by atoms with van der Waals surface area (Å²) in [6.45, 7) is 8.44. The first-order chi connectivity index (χ1) is 11.4. The number of methoxy groups -OCH3 is 1. The van der Waals surface area contributed by atoms with E-state index in [1.54, 1.807) is 7.11 Å². The van der Waals surface area contributed by atoms with Crippen LogP contribution in [0.15, 0.2) is 24.3 Å². The molecule has 0 bridgehead atoms. The number of alkyl carbamates (subject to hydrolysis) is 1. The van der Waals surface area contributed by atoms with Crippen LogP contribution >= 0.6 is 0 Å². The molecular formula is C19H30N2O3. The summed E-state index contributed by atoms with van der Waals surface area (Å²) in [5, 5.41) is 2.83. The summed E-state index contributed by atoms with van der Waals surface area (Å²) >= 11 is 0. The van der Waals surface area contributed by atoms with Crippen LogP contribution in [0.5, 0.6) is 5.75 Å². The summed E-state index contributed by atoms with van der Waals surface area (Å²) in [5.41, 5.74) is 0.788. The fraction of sp³-hybridized carbons (Fsp3) is 0.632. The molecule has 0 radical (unpaired) electrons. The minimum Gasteiger partial charge on any atom is -0.497 e. The Kier molecular flexibility index (Phi) is 6.35. The van der Waals surface area contributed by atoms with Crippen molar-refractivity contribution in [2.75, 3.05) is 31.6 Å². The van der Waals surface area contributed by atoms with Gasteiger partial charge in [0.25, 0.3) is 0 Å². The number of nitrogens with one attached hydrogen (secondary N) is 1. The monoisotopic (exact) mass is 334 g/mol. The number of carbonyl (C=O) groups excluding carboxylic acids is 1. The zero-order valence-corrected chi connectivity index (χ0v) is 15.3. The highest BCUT2D eigenvalue weighted by Crippen LogP contribution is 2.28. The van der Waals surface area contributed by atoms with Crippen LogP contribution in [0.2, 0.25) is 0 Å². The molecule has 0 spiro atoms. The van der Waals surface area contributed by atoms with Crippen LogP contribution in [-0.2, 0) is 4.74 Å². The van der Waals surface area contributed by atoms with Crippen molar-refractivity contribution in [3.05, 3.63) is 24.3 Å². The average molecular weight is 334 g/mol. The lowest BCUT2D eigenvalue weighted by Gasteiger charge is -2.20. The van der Waals surface area contributed by atoms with Gasteiger partial charge in [0.05, 0.1) is 7.11 Å². The maximum Gasteiger partial charge on any atom is 0.407 e. The first-order valence-corrected chi connectivity index (χ1v) is 8.73. The minimum absolute atomic E-state index is 0.327. The Hall–Kier alpha value is -1.91. The third kappa shape index (κ3) is 5.95. The number of carbonyl (C=O) groups is 1. The van der Waals surface area contributed by atoms with Gasteiger partial charge < -0.3 is 19.7 Å². The maximum absolute atomic E-state index is 11.6. The van der Waals surface area contributed by atoms with Crippen LogP contribution in [0.3, 0.4) is 0 Å². The highest BCUT2D eigenvalue weighted by Gasteiger charge is 2.22. The molecule has 134 valence electrons. The van der Waals surface area contributed by atoms with Crippen molar-refractivity contribution in [2.45, 2.75) is 45.6 Å². The fourth-order valence-electron chi connectivity index (χ4n) is 3.01. The van der Waals surface area contributed by atoms with Crippen LogP contribution in [-0.4, -0.2) is 38.4 Å². The second-order valence-corrected chi connectivity index (χ2v) is 7.37. The fourth-order valence-corrected chi connectivity index (χ4v) is 3.01. The topological polar surface area (TPSA) is 50.8 Å². The molecule has 1 atom stereocenters. The van der Waals surface area contributed by atoms with E-state index in [2.05, 4.69) is 22.3 Å². The number of ether oxygens (including phenoxy) is 2. The maximum atomic E-state index is 11.6. The Bertz CT molecular complexity index is 540. The Morgan fingerprint density at radius 1 is 1.38 bits per heavy atom. The third-order valence-corrected chi connectivity index (χ3v) is 4.16. The lowest BCUT2D eigenvalue weighted by Crippen LogP contribution is -2.33. The number of hydrogen-bond acceptors (Lipinski definition) is 4. The quantitative estimate of drug-likeness (QED) is 0.803. The molecule has 1 amide bonds. The molecule has 0 saturated carbocycles. The molecule has 1 N–H and O–H groups in total. The Balaban J connectivity index is 1.68. The summed E-state index contributed by atoms with van der Waals surface area (Å²) in [7, 11) is 1.70. The largest absolute Gasteiger partial charge is 0.497 e. The number of anilines is 1. The Morgan fingerprint density at radius 2 is 2.17 bits per heavy atom. The number of nitrogens with zero attached hydrogens (tertiary/aromatic N) is 1. The van der Waals surface area contributed by atoms with E-state index in [0.717, 1.165) is 31.7 Å². The van der Waals surface area contributed by atoms with Gasteiger partial charge in [-0.15, -0.1) is 0 Å². The zero-order chi connectivity index (χ0) is 17.6. The smallest absolute Gasteiger partial charge is 0.407 e. The van der Waals surface area contributed by atoms with Crippen molar-refractivity contribution in [1.82, 2.24) is 5.32 Å². The number of hydrogen-bond donors (Lipinski definition) is 1. The summed E-state index contributed by atoms with van der Waals surface area (Å²) in [6, 6.07) is 8.23. The molecule has 2 rings (SSSR count). The highest BCUT2D eigenvalue weighted by atomic mass is 16.6. The molecule has 1 saturated heterocycles. The van der Waals surface area contributed by atoms with Crippen molar-refractivity contribution in [1.29, 1.82) is 0 Å². The summed E-state index contributed by atoms with van der Waals surface area (Å²) < 4.78 is 10.5. The molecule has 0 aliphatic carbocycles. The number of benzene rings is 1. The van der Waals surface area contributed by atoms with Crippen LogP contribution in [0.1, 0.15) is 40.0 Å². The van der Waals surface area contributed by atoms with E-state index in [-0.39, 0.29) is 6.09 Å². The van der Waals surface area contributed by atoms with Crippen LogP contribution in [0.4, 0.5) is 10.5 Å². The first-order valence-electron chi connectivity index (χ1n) is 8.73. The first kappa shape index (κ1) is 18.4. The Morgan fingerprint density at radius 3 is 2.88 bits per heavy atom. The van der Waals surface area contributed by atoms with Gasteiger partial charge in [-0.25, -0.2) is 4.79 Å². The predicted octanol–water partition coefficient (Wildman–Crippen LogP) is 3.83. The van der Waals surface area contributed by atoms with Gasteiger partial charge in [0.2, 0.25) is 0 Å². The molecule has 0 aromatic heterocycles. The third-order valence-electron chi connectivity index (χ3n) is 4.16. The van der Waals surface area contributed by atoms with E-state index in [1.807, 2.05) is 32.9 Å². The van der Waals surface area contributed by atoms with Crippen molar-refractivity contribution in [3.63, 3.8) is 0 Å². The standard InChI is InChI=1S/C19H30N2O3/c1-19(2,3)24-18(22)20-11-6-7-15-10-12-21(14-15)16-8-5-9-17(13-16)23-4/h5,8-9,13,15H,6-7,10-12,14H2,1-4H3,(H,20,22). The summed E-state index contributed by atoms with van der Waals surface area (Å²) in [6.07, 6.45) is 2.97. The molecule has 5 heteroatoms. The van der Waals surface area contributed by atoms with Gasteiger partial charge in [-0.05, 0) is 58.1 Å². The van der Waals surface area contributed by atoms with Gasteiger partial charge in [-0.2, -0.15) is 0 Å². The molecule has 1 aliphatic heterocycles. The zero-order valence-electron chi connectivity index (χ0n) is 15.3. The van der Waals surface area contributed by atoms with E-state index in [9.17, 15) is 4.79 Å². The molecular weight excluding hydrogens is 304 g/mol. The van der Waals surface area contributed by atoms with Gasteiger partial charge in [-0.1, -0.05) is 6.07 Å².